The predicted octanol–water partition coefficient (Wildman–Crippen LogP) is 3.39. The Morgan fingerprint density at radius 3 is 2.56 bits per heavy atom. The molecule has 0 aliphatic heterocycles. The zero-order valence-electron chi connectivity index (χ0n) is 14.2. The monoisotopic (exact) mass is 410 g/mol. The summed E-state index contributed by atoms with van der Waals surface area (Å²) in [5, 5.41) is 1.85. The molecular weight excluding hydrogens is 391 g/mol. The average molecular weight is 411 g/mol. The molecule has 0 radical (unpaired) electrons. The van der Waals surface area contributed by atoms with Crippen molar-refractivity contribution in [2.75, 3.05) is 12.1 Å². The van der Waals surface area contributed by atoms with Crippen LogP contribution in [0.1, 0.15) is 16.7 Å². The van der Waals surface area contributed by atoms with Crippen molar-refractivity contribution in [2.45, 2.75) is 20.5 Å². The predicted molar refractivity (Wildman–Crippen MR) is 98.4 cm³/mol. The van der Waals surface area contributed by atoms with Gasteiger partial charge in [-0.1, -0.05) is 12.1 Å². The highest BCUT2D eigenvalue weighted by molar-refractivity contribution is 9.10. The second-order valence-electron chi connectivity index (χ2n) is 5.66. The van der Waals surface area contributed by atoms with Gasteiger partial charge in [-0.3, -0.25) is 5.01 Å². The van der Waals surface area contributed by atoms with E-state index in [0.29, 0.717) is 21.5 Å². The highest BCUT2D eigenvalue weighted by atomic mass is 79.9. The number of halogens is 2. The molecule has 25 heavy (non-hydrogen) atoms. The molecule has 6 nitrogen and oxygen atoms in total. The Morgan fingerprint density at radius 2 is 1.92 bits per heavy atom. The number of hydrazine groups is 2. The van der Waals surface area contributed by atoms with Crippen LogP contribution in [0, 0.1) is 19.7 Å². The average Bonchev–Trinajstić information content (AvgIpc) is 2.56. The number of carbonyl (C=O) groups is 1. The molecule has 0 bridgehead atoms. The fraction of sp³-hybridized carbons (Fsp3) is 0.235. The van der Waals surface area contributed by atoms with Crippen molar-refractivity contribution in [3.8, 4) is 5.75 Å². The van der Waals surface area contributed by atoms with E-state index in [1.165, 1.54) is 13.1 Å². The molecule has 0 spiro atoms. The van der Waals surface area contributed by atoms with Gasteiger partial charge in [0.2, 0.25) is 0 Å². The Bertz CT molecular complexity index is 798. The van der Waals surface area contributed by atoms with E-state index in [2.05, 4.69) is 15.9 Å². The number of aryl methyl sites for hydroxylation is 2. The standard InChI is InChI=1S/C17H20BrFN4O2/c1-10-5-4-6-15(23(21)17(24)22(3)20)12(10)9-25-16-8-14(19)13(18)7-11(16)2/h4-8H,9,20-21H2,1-3H3. The van der Waals surface area contributed by atoms with Crippen LogP contribution in [0.25, 0.3) is 0 Å². The summed E-state index contributed by atoms with van der Waals surface area (Å²) in [6.07, 6.45) is 0. The van der Waals surface area contributed by atoms with Crippen molar-refractivity contribution in [3.63, 3.8) is 0 Å². The largest absolute Gasteiger partial charge is 0.488 e. The van der Waals surface area contributed by atoms with E-state index in [-0.39, 0.29) is 6.61 Å². The first-order valence-electron chi connectivity index (χ1n) is 7.46. The van der Waals surface area contributed by atoms with E-state index in [1.54, 1.807) is 18.2 Å². The topological polar surface area (TPSA) is 84.8 Å². The maximum Gasteiger partial charge on any atom is 0.352 e. The maximum atomic E-state index is 13.7. The zero-order chi connectivity index (χ0) is 18.7. The van der Waals surface area contributed by atoms with Crippen LogP contribution in [-0.2, 0) is 6.61 Å². The summed E-state index contributed by atoms with van der Waals surface area (Å²) in [6, 6.07) is 7.74. The second kappa shape index (κ2) is 7.81. The number of hydrogen-bond donors (Lipinski definition) is 2. The molecule has 0 aliphatic rings. The summed E-state index contributed by atoms with van der Waals surface area (Å²) in [4.78, 5) is 12.0. The number of nitrogens with two attached hydrogens (primary N) is 2. The van der Waals surface area contributed by atoms with Gasteiger partial charge in [-0.05, 0) is 53.0 Å². The lowest BCUT2D eigenvalue weighted by molar-refractivity contribution is 0.216. The van der Waals surface area contributed by atoms with E-state index in [9.17, 15) is 9.18 Å². The van der Waals surface area contributed by atoms with Gasteiger partial charge >= 0.3 is 6.03 Å². The van der Waals surface area contributed by atoms with Gasteiger partial charge < -0.3 is 4.74 Å². The first-order valence-corrected chi connectivity index (χ1v) is 8.25. The number of carbonyl (C=O) groups excluding carboxylic acids is 1. The van der Waals surface area contributed by atoms with Gasteiger partial charge in [-0.15, -0.1) is 0 Å². The lowest BCUT2D eigenvalue weighted by Gasteiger charge is -2.24. The van der Waals surface area contributed by atoms with E-state index in [0.717, 1.165) is 21.1 Å². The van der Waals surface area contributed by atoms with Gasteiger partial charge in [-0.25, -0.2) is 25.9 Å². The minimum absolute atomic E-state index is 0.124. The summed E-state index contributed by atoms with van der Waals surface area (Å²) in [7, 11) is 1.40. The summed E-state index contributed by atoms with van der Waals surface area (Å²) < 4.78 is 19.9. The fourth-order valence-electron chi connectivity index (χ4n) is 2.31. The third kappa shape index (κ3) is 4.28. The Kier molecular flexibility index (Phi) is 5.99. The van der Waals surface area contributed by atoms with Crippen molar-refractivity contribution in [2.24, 2.45) is 11.7 Å². The SMILES string of the molecule is Cc1cc(Br)c(F)cc1OCc1c(C)cccc1N(N)C(=O)N(C)N. The third-order valence-electron chi connectivity index (χ3n) is 3.74. The smallest absolute Gasteiger partial charge is 0.352 e. The molecule has 0 atom stereocenters. The van der Waals surface area contributed by atoms with Crippen LogP contribution in [0.15, 0.2) is 34.8 Å². The highest BCUT2D eigenvalue weighted by Crippen LogP contribution is 2.29. The van der Waals surface area contributed by atoms with Gasteiger partial charge in [0, 0.05) is 18.7 Å². The Balaban J connectivity index is 2.31. The van der Waals surface area contributed by atoms with Gasteiger partial charge in [0.1, 0.15) is 18.2 Å². The second-order valence-corrected chi connectivity index (χ2v) is 6.51. The minimum atomic E-state index is -0.572. The molecular formula is C17H20BrFN4O2. The summed E-state index contributed by atoms with van der Waals surface area (Å²) in [6.45, 7) is 3.82. The molecule has 2 amide bonds. The van der Waals surface area contributed by atoms with Crippen LogP contribution in [0.4, 0.5) is 14.9 Å². The number of amides is 2. The van der Waals surface area contributed by atoms with Crippen LogP contribution in [0.3, 0.4) is 0 Å². The number of urea groups is 1. The third-order valence-corrected chi connectivity index (χ3v) is 4.35. The molecule has 2 rings (SSSR count). The highest BCUT2D eigenvalue weighted by Gasteiger charge is 2.19. The van der Waals surface area contributed by atoms with E-state index >= 15 is 0 Å². The lowest BCUT2D eigenvalue weighted by atomic mass is 10.1. The van der Waals surface area contributed by atoms with Gasteiger partial charge in [0.05, 0.1) is 10.2 Å². The summed E-state index contributed by atoms with van der Waals surface area (Å²) in [5.74, 6) is 11.4. The molecule has 134 valence electrons. The Hall–Kier alpha value is -2.16. The molecule has 0 aromatic heterocycles. The first kappa shape index (κ1) is 19.2. The minimum Gasteiger partial charge on any atom is -0.488 e. The molecule has 0 heterocycles. The van der Waals surface area contributed by atoms with Crippen LogP contribution >= 0.6 is 15.9 Å². The normalized spacial score (nSPS) is 10.5. The Morgan fingerprint density at radius 1 is 1.24 bits per heavy atom. The first-order chi connectivity index (χ1) is 11.7. The maximum absolute atomic E-state index is 13.7. The molecule has 4 N–H and O–H groups in total. The van der Waals surface area contributed by atoms with Crippen molar-refractivity contribution in [1.82, 2.24) is 5.01 Å². The van der Waals surface area contributed by atoms with E-state index in [4.69, 9.17) is 16.4 Å². The van der Waals surface area contributed by atoms with Crippen molar-refractivity contribution >= 4 is 27.6 Å². The van der Waals surface area contributed by atoms with Crippen molar-refractivity contribution in [1.29, 1.82) is 0 Å². The van der Waals surface area contributed by atoms with Crippen LogP contribution in [-0.4, -0.2) is 18.1 Å². The van der Waals surface area contributed by atoms with Crippen LogP contribution in [0.5, 0.6) is 5.75 Å². The number of ether oxygens (including phenoxy) is 1. The molecule has 8 heteroatoms. The molecule has 0 saturated carbocycles. The number of anilines is 1. The van der Waals surface area contributed by atoms with Crippen molar-refractivity contribution < 1.29 is 13.9 Å². The zero-order valence-corrected chi connectivity index (χ0v) is 15.8. The van der Waals surface area contributed by atoms with Gasteiger partial charge in [0.15, 0.2) is 0 Å². The summed E-state index contributed by atoms with van der Waals surface area (Å²) >= 11 is 3.14. The van der Waals surface area contributed by atoms with Crippen LogP contribution in [0.2, 0.25) is 0 Å². The number of rotatable bonds is 4. The van der Waals surface area contributed by atoms with Crippen molar-refractivity contribution in [3.05, 3.63) is 57.3 Å². The molecule has 2 aromatic carbocycles. The van der Waals surface area contributed by atoms with E-state index < -0.39 is 11.8 Å². The quantitative estimate of drug-likeness (QED) is 0.459. The number of nitrogens with zero attached hydrogens (tertiary/aromatic N) is 2. The molecule has 0 aliphatic carbocycles. The number of benzene rings is 2. The molecule has 0 fully saturated rings. The molecule has 0 unspecified atom stereocenters. The molecule has 2 aromatic rings. The van der Waals surface area contributed by atoms with E-state index in [1.807, 2.05) is 19.9 Å². The van der Waals surface area contributed by atoms with Gasteiger partial charge in [-0.2, -0.15) is 0 Å². The Labute approximate surface area is 154 Å². The fourth-order valence-corrected chi connectivity index (χ4v) is 2.76. The molecule has 0 saturated heterocycles. The van der Waals surface area contributed by atoms with Gasteiger partial charge in [0.25, 0.3) is 0 Å². The summed E-state index contributed by atoms with van der Waals surface area (Å²) in [5.41, 5.74) is 2.85. The number of hydrogen-bond acceptors (Lipinski definition) is 4. The van der Waals surface area contributed by atoms with Crippen LogP contribution < -0.4 is 21.4 Å². The lowest BCUT2D eigenvalue weighted by Crippen LogP contribution is -2.49.